The van der Waals surface area contributed by atoms with Gasteiger partial charge >= 0.3 is 0 Å². The Kier molecular flexibility index (Phi) is 3.64. The molecule has 0 unspecified atom stereocenters. The van der Waals surface area contributed by atoms with Gasteiger partial charge in [-0.3, -0.25) is 4.57 Å². The molecule has 3 rings (SSSR count). The van der Waals surface area contributed by atoms with Crippen LogP contribution >= 0.6 is 0 Å². The molecule has 1 saturated heterocycles. The predicted octanol–water partition coefficient (Wildman–Crippen LogP) is -0.693. The molecule has 2 aromatic rings. The standard InChI is InChI=1S/C9H11N5O2.Na/c10-8-7-9(12-3-11-8)14(4-13-7)6-1-5(15)2-16-6;/h3-6,15H,1-2H2,(H2,10,11,12);/t5-,6+;/m0./s1. The summed E-state index contributed by atoms with van der Waals surface area (Å²) in [5, 5.41) is 9.41. The third kappa shape index (κ3) is 2.16. The number of nitrogens with zero attached hydrogens (tertiary/aromatic N) is 4. The van der Waals surface area contributed by atoms with Gasteiger partial charge in [0.2, 0.25) is 0 Å². The van der Waals surface area contributed by atoms with Crippen LogP contribution in [0.15, 0.2) is 12.7 Å². The van der Waals surface area contributed by atoms with Crippen molar-refractivity contribution >= 4 is 46.5 Å². The number of aliphatic hydroxyl groups is 1. The van der Waals surface area contributed by atoms with Crippen LogP contribution < -0.4 is 5.73 Å². The van der Waals surface area contributed by atoms with Crippen LogP contribution in [0.4, 0.5) is 5.82 Å². The molecule has 1 radical (unpaired) electrons. The monoisotopic (exact) mass is 244 g/mol. The van der Waals surface area contributed by atoms with E-state index in [0.717, 1.165) is 0 Å². The van der Waals surface area contributed by atoms with Crippen LogP contribution in [0.2, 0.25) is 0 Å². The molecule has 0 aromatic carbocycles. The second-order valence-corrected chi connectivity index (χ2v) is 3.76. The van der Waals surface area contributed by atoms with Crippen LogP contribution in [0, 0.1) is 0 Å². The van der Waals surface area contributed by atoms with E-state index in [1.54, 1.807) is 10.9 Å². The normalized spacial score (nSPS) is 23.8. The van der Waals surface area contributed by atoms with Crippen LogP contribution in [0.3, 0.4) is 0 Å². The first-order valence-corrected chi connectivity index (χ1v) is 4.98. The van der Waals surface area contributed by atoms with Crippen LogP contribution in [-0.4, -0.2) is 66.9 Å². The number of ether oxygens (including phenoxy) is 1. The second kappa shape index (κ2) is 4.87. The predicted molar refractivity (Wildman–Crippen MR) is 61.1 cm³/mol. The van der Waals surface area contributed by atoms with Gasteiger partial charge in [0.1, 0.15) is 18.1 Å². The number of aliphatic hydroxyl groups excluding tert-OH is 1. The number of hydrogen-bond acceptors (Lipinski definition) is 6. The van der Waals surface area contributed by atoms with E-state index in [1.807, 2.05) is 0 Å². The molecule has 2 aromatic heterocycles. The van der Waals surface area contributed by atoms with Crippen molar-refractivity contribution < 1.29 is 9.84 Å². The Morgan fingerprint density at radius 1 is 1.41 bits per heavy atom. The van der Waals surface area contributed by atoms with Crippen molar-refractivity contribution in [1.82, 2.24) is 19.5 Å². The van der Waals surface area contributed by atoms with Crippen molar-refractivity contribution in [2.24, 2.45) is 0 Å². The Morgan fingerprint density at radius 3 is 2.94 bits per heavy atom. The number of hydrogen-bond donors (Lipinski definition) is 2. The van der Waals surface area contributed by atoms with Gasteiger partial charge in [-0.05, 0) is 0 Å². The van der Waals surface area contributed by atoms with Crippen LogP contribution in [-0.2, 0) is 4.74 Å². The molecule has 1 aliphatic rings. The molecule has 3 heterocycles. The Morgan fingerprint density at radius 2 is 2.24 bits per heavy atom. The summed E-state index contributed by atoms with van der Waals surface area (Å²) in [4.78, 5) is 12.1. The Labute approximate surface area is 119 Å². The molecule has 1 aliphatic heterocycles. The van der Waals surface area contributed by atoms with Gasteiger partial charge in [-0.25, -0.2) is 15.0 Å². The zero-order chi connectivity index (χ0) is 11.1. The van der Waals surface area contributed by atoms with Crippen molar-refractivity contribution in [2.45, 2.75) is 18.8 Å². The van der Waals surface area contributed by atoms with E-state index < -0.39 is 6.10 Å². The summed E-state index contributed by atoms with van der Waals surface area (Å²) < 4.78 is 7.20. The molecule has 0 aliphatic carbocycles. The van der Waals surface area contributed by atoms with Crippen LogP contribution in [0.25, 0.3) is 11.2 Å². The van der Waals surface area contributed by atoms with E-state index >= 15 is 0 Å². The van der Waals surface area contributed by atoms with Gasteiger partial charge in [0.25, 0.3) is 0 Å². The molecule has 2 atom stereocenters. The molecule has 17 heavy (non-hydrogen) atoms. The first kappa shape index (κ1) is 12.7. The third-order valence-corrected chi connectivity index (χ3v) is 2.65. The van der Waals surface area contributed by atoms with Gasteiger partial charge in [0.15, 0.2) is 11.5 Å². The summed E-state index contributed by atoms with van der Waals surface area (Å²) in [5.41, 5.74) is 6.87. The summed E-state index contributed by atoms with van der Waals surface area (Å²) in [6.45, 7) is 0.338. The molecule has 7 nitrogen and oxygen atoms in total. The topological polar surface area (TPSA) is 99.1 Å². The SMILES string of the molecule is Nc1ncnc2c1ncn2[C@H]1C[C@H](O)CO1.[Na]. The molecular formula is C9H11N5NaO2. The summed E-state index contributed by atoms with van der Waals surface area (Å²) in [6, 6.07) is 0. The van der Waals surface area contributed by atoms with Gasteiger partial charge in [-0.1, -0.05) is 0 Å². The molecule has 0 saturated carbocycles. The first-order valence-electron chi connectivity index (χ1n) is 4.98. The molecule has 3 N–H and O–H groups in total. The third-order valence-electron chi connectivity index (χ3n) is 2.65. The van der Waals surface area contributed by atoms with E-state index in [9.17, 15) is 5.11 Å². The summed E-state index contributed by atoms with van der Waals surface area (Å²) >= 11 is 0. The molecule has 0 amide bonds. The van der Waals surface area contributed by atoms with Gasteiger partial charge in [-0.15, -0.1) is 0 Å². The molecule has 8 heteroatoms. The van der Waals surface area contributed by atoms with Gasteiger partial charge < -0.3 is 15.6 Å². The fraction of sp³-hybridized carbons (Fsp3) is 0.444. The number of imidazole rings is 1. The number of nitrogen functional groups attached to an aromatic ring is 1. The van der Waals surface area contributed by atoms with Crippen molar-refractivity contribution in [3.63, 3.8) is 0 Å². The molecular weight excluding hydrogens is 233 g/mol. The average Bonchev–Trinajstić information content (AvgIpc) is 2.84. The first-order chi connectivity index (χ1) is 7.75. The van der Waals surface area contributed by atoms with Crippen LogP contribution in [0.5, 0.6) is 0 Å². The van der Waals surface area contributed by atoms with E-state index in [-0.39, 0.29) is 35.8 Å². The number of nitrogens with two attached hydrogens (primary N) is 1. The molecule has 0 bridgehead atoms. The maximum Gasteiger partial charge on any atom is 0.167 e. The van der Waals surface area contributed by atoms with Gasteiger partial charge in [-0.2, -0.15) is 0 Å². The maximum atomic E-state index is 9.41. The minimum Gasteiger partial charge on any atom is -0.391 e. The maximum absolute atomic E-state index is 9.41. The van der Waals surface area contributed by atoms with E-state index in [0.29, 0.717) is 30.0 Å². The fourth-order valence-electron chi connectivity index (χ4n) is 1.87. The van der Waals surface area contributed by atoms with Crippen molar-refractivity contribution in [3.05, 3.63) is 12.7 Å². The number of rotatable bonds is 1. The summed E-state index contributed by atoms with van der Waals surface area (Å²) in [6.07, 6.45) is 2.88. The molecule has 85 valence electrons. The summed E-state index contributed by atoms with van der Waals surface area (Å²) in [5.74, 6) is 0.349. The average molecular weight is 244 g/mol. The summed E-state index contributed by atoms with van der Waals surface area (Å²) in [7, 11) is 0. The quantitative estimate of drug-likeness (QED) is 0.644. The number of aromatic nitrogens is 4. The van der Waals surface area contributed by atoms with E-state index in [1.165, 1.54) is 6.33 Å². The van der Waals surface area contributed by atoms with Gasteiger partial charge in [0, 0.05) is 36.0 Å². The zero-order valence-corrected chi connectivity index (χ0v) is 11.4. The zero-order valence-electron chi connectivity index (χ0n) is 9.45. The van der Waals surface area contributed by atoms with Gasteiger partial charge in [0.05, 0.1) is 19.0 Å². The van der Waals surface area contributed by atoms with Crippen molar-refractivity contribution in [1.29, 1.82) is 0 Å². The minimum absolute atomic E-state index is 0. The van der Waals surface area contributed by atoms with Crippen LogP contribution in [0.1, 0.15) is 12.6 Å². The Bertz CT molecular complexity index is 531. The minimum atomic E-state index is -0.429. The Hall–Kier alpha value is -0.730. The second-order valence-electron chi connectivity index (χ2n) is 3.76. The van der Waals surface area contributed by atoms with Crippen molar-refractivity contribution in [2.75, 3.05) is 12.3 Å². The number of anilines is 1. The van der Waals surface area contributed by atoms with Crippen molar-refractivity contribution in [3.8, 4) is 0 Å². The largest absolute Gasteiger partial charge is 0.391 e. The Balaban J connectivity index is 0.00000108. The van der Waals surface area contributed by atoms with E-state index in [2.05, 4.69) is 15.0 Å². The molecule has 0 spiro atoms. The molecule has 1 fully saturated rings. The fourth-order valence-corrected chi connectivity index (χ4v) is 1.87. The number of fused-ring (bicyclic) bond motifs is 1. The smallest absolute Gasteiger partial charge is 0.167 e. The van der Waals surface area contributed by atoms with E-state index in [4.69, 9.17) is 10.5 Å².